The molecule has 0 aliphatic carbocycles. The van der Waals surface area contributed by atoms with E-state index in [2.05, 4.69) is 17.0 Å². The van der Waals surface area contributed by atoms with Gasteiger partial charge in [0.25, 0.3) is 5.91 Å². The van der Waals surface area contributed by atoms with Gasteiger partial charge in [-0.05, 0) is 19.4 Å². The summed E-state index contributed by atoms with van der Waals surface area (Å²) in [5.41, 5.74) is 6.85. The van der Waals surface area contributed by atoms with E-state index < -0.39 is 0 Å². The average molecular weight is 261 g/mol. The van der Waals surface area contributed by atoms with Crippen molar-refractivity contribution in [2.24, 2.45) is 5.73 Å². The number of amides is 1. The van der Waals surface area contributed by atoms with E-state index in [-0.39, 0.29) is 5.91 Å². The van der Waals surface area contributed by atoms with Gasteiger partial charge in [0, 0.05) is 25.5 Å². The fourth-order valence-corrected chi connectivity index (χ4v) is 2.04. The number of hydrogen-bond donors (Lipinski definition) is 1. The van der Waals surface area contributed by atoms with Crippen LogP contribution in [-0.2, 0) is 0 Å². The summed E-state index contributed by atoms with van der Waals surface area (Å²) in [6.07, 6.45) is 8.37. The Kier molecular flexibility index (Phi) is 4.46. The molecule has 2 rings (SSSR count). The standard InChI is InChI=1S/C13H19N5O/c1-2-6-17(7-3-4-14)13(19)11-9-16-18-8-5-15-10-12(11)18/h5,8-10H,2-4,6-7,14H2,1H3. The fourth-order valence-electron chi connectivity index (χ4n) is 2.04. The highest BCUT2D eigenvalue weighted by molar-refractivity contribution is 6.00. The lowest BCUT2D eigenvalue weighted by atomic mass is 10.2. The maximum absolute atomic E-state index is 12.5. The van der Waals surface area contributed by atoms with Gasteiger partial charge in [0.05, 0.1) is 23.5 Å². The van der Waals surface area contributed by atoms with Gasteiger partial charge < -0.3 is 10.6 Å². The molecule has 0 fully saturated rings. The molecule has 0 atom stereocenters. The molecule has 0 bridgehead atoms. The summed E-state index contributed by atoms with van der Waals surface area (Å²) < 4.78 is 1.66. The zero-order valence-corrected chi connectivity index (χ0v) is 11.1. The van der Waals surface area contributed by atoms with Crippen molar-refractivity contribution >= 4 is 11.4 Å². The number of aromatic nitrogens is 3. The first kappa shape index (κ1) is 13.5. The zero-order chi connectivity index (χ0) is 13.7. The van der Waals surface area contributed by atoms with Gasteiger partial charge in [-0.2, -0.15) is 5.10 Å². The van der Waals surface area contributed by atoms with Gasteiger partial charge in [0.2, 0.25) is 0 Å². The van der Waals surface area contributed by atoms with Crippen molar-refractivity contribution in [3.63, 3.8) is 0 Å². The van der Waals surface area contributed by atoms with Crippen LogP contribution in [0.4, 0.5) is 0 Å². The second-order valence-corrected chi connectivity index (χ2v) is 4.40. The summed E-state index contributed by atoms with van der Waals surface area (Å²) in [5.74, 6) is -0.00157. The van der Waals surface area contributed by atoms with Crippen LogP contribution in [0, 0.1) is 0 Å². The fraction of sp³-hybridized carbons (Fsp3) is 0.462. The second-order valence-electron chi connectivity index (χ2n) is 4.40. The summed E-state index contributed by atoms with van der Waals surface area (Å²) in [7, 11) is 0. The van der Waals surface area contributed by atoms with Crippen LogP contribution in [0.1, 0.15) is 30.1 Å². The Hall–Kier alpha value is -1.95. The molecular weight excluding hydrogens is 242 g/mol. The van der Waals surface area contributed by atoms with Crippen LogP contribution in [0.25, 0.3) is 5.52 Å². The molecule has 0 aliphatic rings. The molecule has 1 amide bonds. The predicted octanol–water partition coefficient (Wildman–Crippen LogP) is 0.930. The van der Waals surface area contributed by atoms with Crippen LogP contribution in [0.15, 0.2) is 24.8 Å². The van der Waals surface area contributed by atoms with Crippen LogP contribution in [0.3, 0.4) is 0 Å². The number of nitrogens with two attached hydrogens (primary N) is 1. The summed E-state index contributed by atoms with van der Waals surface area (Å²) in [4.78, 5) is 18.4. The van der Waals surface area contributed by atoms with Gasteiger partial charge in [-0.1, -0.05) is 6.92 Å². The summed E-state index contributed by atoms with van der Waals surface area (Å²) in [6, 6.07) is 0. The zero-order valence-electron chi connectivity index (χ0n) is 11.1. The van der Waals surface area contributed by atoms with Crippen molar-refractivity contribution in [2.75, 3.05) is 19.6 Å². The largest absolute Gasteiger partial charge is 0.338 e. The van der Waals surface area contributed by atoms with Crippen LogP contribution >= 0.6 is 0 Å². The lowest BCUT2D eigenvalue weighted by molar-refractivity contribution is 0.0756. The van der Waals surface area contributed by atoms with Gasteiger partial charge in [-0.25, -0.2) is 4.52 Å². The Morgan fingerprint density at radius 3 is 3.00 bits per heavy atom. The second kappa shape index (κ2) is 6.29. The Bertz CT molecular complexity index is 551. The van der Waals surface area contributed by atoms with Crippen molar-refractivity contribution < 1.29 is 4.79 Å². The van der Waals surface area contributed by atoms with E-state index in [1.54, 1.807) is 29.3 Å². The van der Waals surface area contributed by atoms with E-state index in [1.165, 1.54) is 0 Å². The summed E-state index contributed by atoms with van der Waals surface area (Å²) in [5, 5.41) is 4.17. The molecule has 0 aromatic carbocycles. The molecule has 2 heterocycles. The molecule has 0 radical (unpaired) electrons. The minimum absolute atomic E-state index is 0.00157. The Labute approximate surface area is 112 Å². The van der Waals surface area contributed by atoms with E-state index in [1.807, 2.05) is 4.90 Å². The van der Waals surface area contributed by atoms with Crippen LogP contribution in [-0.4, -0.2) is 45.0 Å². The Balaban J connectivity index is 2.25. The third-order valence-corrected chi connectivity index (χ3v) is 2.97. The van der Waals surface area contributed by atoms with E-state index in [9.17, 15) is 4.79 Å². The first-order valence-corrected chi connectivity index (χ1v) is 6.54. The number of hydrogen-bond acceptors (Lipinski definition) is 4. The van der Waals surface area contributed by atoms with E-state index in [4.69, 9.17) is 5.73 Å². The van der Waals surface area contributed by atoms with Gasteiger partial charge in [0.15, 0.2) is 0 Å². The van der Waals surface area contributed by atoms with E-state index in [0.717, 1.165) is 24.9 Å². The minimum atomic E-state index is -0.00157. The molecule has 0 unspecified atom stereocenters. The van der Waals surface area contributed by atoms with E-state index in [0.29, 0.717) is 18.7 Å². The normalized spacial score (nSPS) is 10.8. The highest BCUT2D eigenvalue weighted by Gasteiger charge is 2.18. The first-order chi connectivity index (χ1) is 9.27. The summed E-state index contributed by atoms with van der Waals surface area (Å²) >= 11 is 0. The van der Waals surface area contributed by atoms with Crippen LogP contribution < -0.4 is 5.73 Å². The monoisotopic (exact) mass is 261 g/mol. The SMILES string of the molecule is CCCN(CCCN)C(=O)c1cnn2ccncc12. The molecule has 6 nitrogen and oxygen atoms in total. The molecule has 0 aliphatic heterocycles. The van der Waals surface area contributed by atoms with Gasteiger partial charge >= 0.3 is 0 Å². The molecule has 2 aromatic heterocycles. The molecule has 0 saturated carbocycles. The van der Waals surface area contributed by atoms with Crippen molar-refractivity contribution in [3.05, 3.63) is 30.4 Å². The lowest BCUT2D eigenvalue weighted by Crippen LogP contribution is -2.33. The number of carbonyl (C=O) groups excluding carboxylic acids is 1. The maximum Gasteiger partial charge on any atom is 0.257 e. The maximum atomic E-state index is 12.5. The van der Waals surface area contributed by atoms with E-state index >= 15 is 0 Å². The third-order valence-electron chi connectivity index (χ3n) is 2.97. The molecule has 19 heavy (non-hydrogen) atoms. The van der Waals surface area contributed by atoms with Crippen LogP contribution in [0.2, 0.25) is 0 Å². The molecule has 102 valence electrons. The third kappa shape index (κ3) is 2.90. The topological polar surface area (TPSA) is 76.5 Å². The number of rotatable bonds is 6. The number of nitrogens with zero attached hydrogens (tertiary/aromatic N) is 4. The number of carbonyl (C=O) groups is 1. The highest BCUT2D eigenvalue weighted by Crippen LogP contribution is 2.12. The Morgan fingerprint density at radius 1 is 1.42 bits per heavy atom. The smallest absolute Gasteiger partial charge is 0.257 e. The molecule has 2 aromatic rings. The molecule has 2 N–H and O–H groups in total. The lowest BCUT2D eigenvalue weighted by Gasteiger charge is -2.21. The average Bonchev–Trinajstić information content (AvgIpc) is 2.86. The van der Waals surface area contributed by atoms with Crippen molar-refractivity contribution in [2.45, 2.75) is 19.8 Å². The number of fused-ring (bicyclic) bond motifs is 1. The molecule has 0 saturated heterocycles. The molecular formula is C13H19N5O. The van der Waals surface area contributed by atoms with Gasteiger partial charge in [-0.3, -0.25) is 9.78 Å². The van der Waals surface area contributed by atoms with Crippen molar-refractivity contribution in [3.8, 4) is 0 Å². The molecule has 6 heteroatoms. The summed E-state index contributed by atoms with van der Waals surface area (Å²) in [6.45, 7) is 4.06. The van der Waals surface area contributed by atoms with Gasteiger partial charge in [-0.15, -0.1) is 0 Å². The predicted molar refractivity (Wildman–Crippen MR) is 72.9 cm³/mol. The Morgan fingerprint density at radius 2 is 2.26 bits per heavy atom. The van der Waals surface area contributed by atoms with Crippen molar-refractivity contribution in [1.82, 2.24) is 19.5 Å². The highest BCUT2D eigenvalue weighted by atomic mass is 16.2. The first-order valence-electron chi connectivity index (χ1n) is 6.54. The molecule has 0 spiro atoms. The quantitative estimate of drug-likeness (QED) is 0.839. The minimum Gasteiger partial charge on any atom is -0.338 e. The van der Waals surface area contributed by atoms with Crippen molar-refractivity contribution in [1.29, 1.82) is 0 Å². The van der Waals surface area contributed by atoms with Gasteiger partial charge in [0.1, 0.15) is 0 Å². The van der Waals surface area contributed by atoms with Crippen LogP contribution in [0.5, 0.6) is 0 Å².